The van der Waals surface area contributed by atoms with Crippen molar-refractivity contribution >= 4 is 11.9 Å². The Kier molecular flexibility index (Phi) is 54.3. The first-order chi connectivity index (χ1) is 38.7. The molecule has 1 aliphatic rings. The van der Waals surface area contributed by atoms with Crippen molar-refractivity contribution in [2.75, 3.05) is 19.8 Å². The highest BCUT2D eigenvalue weighted by atomic mass is 16.7. The first-order valence-corrected chi connectivity index (χ1v) is 33.4. The third-order valence-corrected chi connectivity index (χ3v) is 15.7. The summed E-state index contributed by atoms with van der Waals surface area (Å²) in [5, 5.41) is 54.3. The van der Waals surface area contributed by atoms with Crippen molar-refractivity contribution < 1.29 is 49.3 Å². The average molecular weight is 1120 g/mol. The van der Waals surface area contributed by atoms with Gasteiger partial charge in [-0.05, 0) is 77.0 Å². The van der Waals surface area contributed by atoms with Gasteiger partial charge in [0.25, 0.3) is 0 Å². The number of aliphatic hydroxyl groups excluding tert-OH is 5. The second kappa shape index (κ2) is 57.4. The van der Waals surface area contributed by atoms with Gasteiger partial charge >= 0.3 is 5.97 Å². The normalized spacial score (nSPS) is 18.7. The number of rotatable bonds is 58. The lowest BCUT2D eigenvalue weighted by atomic mass is 9.99. The van der Waals surface area contributed by atoms with Crippen LogP contribution in [0.15, 0.2) is 48.6 Å². The van der Waals surface area contributed by atoms with E-state index >= 15 is 0 Å². The molecule has 1 heterocycles. The van der Waals surface area contributed by atoms with Gasteiger partial charge in [0.15, 0.2) is 6.29 Å². The van der Waals surface area contributed by atoms with Gasteiger partial charge < -0.3 is 45.1 Å². The summed E-state index contributed by atoms with van der Waals surface area (Å²) in [7, 11) is 0. The van der Waals surface area contributed by atoms with E-state index < -0.39 is 49.5 Å². The fourth-order valence-electron chi connectivity index (χ4n) is 10.4. The molecule has 6 N–H and O–H groups in total. The Morgan fingerprint density at radius 2 is 0.861 bits per heavy atom. The van der Waals surface area contributed by atoms with E-state index in [1.165, 1.54) is 212 Å². The van der Waals surface area contributed by atoms with Gasteiger partial charge in [0.1, 0.15) is 24.4 Å². The van der Waals surface area contributed by atoms with Crippen molar-refractivity contribution in [1.29, 1.82) is 0 Å². The lowest BCUT2D eigenvalue weighted by Gasteiger charge is -2.40. The van der Waals surface area contributed by atoms with Crippen molar-refractivity contribution in [1.82, 2.24) is 5.32 Å². The van der Waals surface area contributed by atoms with Gasteiger partial charge in [-0.1, -0.05) is 268 Å². The SMILES string of the molecule is CC/C=C/CC/C=C/CC/C=C/C(O)C(COC1OC(CO)C(O)C(O)C1O)NC(=O)CCCCCCCCCCCCCCCC/C=C\CCCCCCCCCCCCCCOC(=O)CCCCCCCCCCCCC. The molecule has 1 rings (SSSR count). The maximum Gasteiger partial charge on any atom is 0.305 e. The monoisotopic (exact) mass is 1120 g/mol. The van der Waals surface area contributed by atoms with Crippen LogP contribution in [0.4, 0.5) is 0 Å². The van der Waals surface area contributed by atoms with E-state index in [0.717, 1.165) is 70.6 Å². The zero-order chi connectivity index (χ0) is 57.3. The summed E-state index contributed by atoms with van der Waals surface area (Å²) in [4.78, 5) is 25.0. The van der Waals surface area contributed by atoms with Crippen LogP contribution in [0.2, 0.25) is 0 Å². The number of aliphatic hydroxyl groups is 5. The average Bonchev–Trinajstić information content (AvgIpc) is 3.51. The lowest BCUT2D eigenvalue weighted by Crippen LogP contribution is -2.60. The minimum Gasteiger partial charge on any atom is -0.466 e. The highest BCUT2D eigenvalue weighted by Crippen LogP contribution is 2.23. The maximum absolute atomic E-state index is 13.0. The number of allylic oxidation sites excluding steroid dienone is 7. The smallest absolute Gasteiger partial charge is 0.305 e. The Morgan fingerprint density at radius 1 is 0.468 bits per heavy atom. The van der Waals surface area contributed by atoms with Crippen molar-refractivity contribution in [3.05, 3.63) is 48.6 Å². The van der Waals surface area contributed by atoms with Gasteiger partial charge in [0.2, 0.25) is 5.91 Å². The highest BCUT2D eigenvalue weighted by Gasteiger charge is 2.44. The summed E-state index contributed by atoms with van der Waals surface area (Å²) in [6, 6.07) is -0.833. The van der Waals surface area contributed by atoms with Crippen LogP contribution in [0.25, 0.3) is 0 Å². The molecular weight excluding hydrogens is 991 g/mol. The molecule has 7 atom stereocenters. The first-order valence-electron chi connectivity index (χ1n) is 33.4. The van der Waals surface area contributed by atoms with E-state index in [0.29, 0.717) is 19.4 Å². The summed E-state index contributed by atoms with van der Waals surface area (Å²) in [5.74, 6) is -0.189. The van der Waals surface area contributed by atoms with Crippen LogP contribution in [0, 0.1) is 0 Å². The molecule has 1 amide bonds. The van der Waals surface area contributed by atoms with Gasteiger partial charge in [-0.25, -0.2) is 0 Å². The number of amides is 1. The van der Waals surface area contributed by atoms with E-state index in [4.69, 9.17) is 14.2 Å². The van der Waals surface area contributed by atoms with Crippen molar-refractivity contribution in [3.8, 4) is 0 Å². The van der Waals surface area contributed by atoms with E-state index in [1.807, 2.05) is 6.08 Å². The van der Waals surface area contributed by atoms with Gasteiger partial charge in [-0.2, -0.15) is 0 Å². The molecule has 0 spiro atoms. The second-order valence-corrected chi connectivity index (χ2v) is 23.1. The summed E-state index contributed by atoms with van der Waals surface area (Å²) < 4.78 is 16.7. The zero-order valence-electron chi connectivity index (χ0n) is 51.1. The van der Waals surface area contributed by atoms with Gasteiger partial charge in [0, 0.05) is 12.8 Å². The summed E-state index contributed by atoms with van der Waals surface area (Å²) in [6.45, 7) is 4.22. The van der Waals surface area contributed by atoms with Crippen LogP contribution in [-0.2, 0) is 23.8 Å². The standard InChI is InChI=1S/C68H125NO10/c1-3-5-7-9-11-13-35-40-44-48-52-56-64(73)77-57-53-49-45-41-37-34-32-30-28-26-24-22-20-18-16-15-17-19-21-23-25-27-29-31-33-36-39-43-47-51-55-63(72)69-60(59-78-68-67(76)66(75)65(74)62(58-70)79-68)61(71)54-50-46-42-38-14-12-10-8-6-4-2/h6,8,14,16,18,38,50,54,60-62,65-68,70-71,74-76H,3-5,7,9-13,15,17,19-37,39-49,51-53,55-59H2,1-2H3,(H,69,72)/b8-6+,18-16-,38-14+,54-50+. The fraction of sp³-hybridized carbons (Fsp3) is 0.853. The first kappa shape index (κ1) is 74.6. The number of esters is 1. The molecule has 11 heteroatoms. The summed E-state index contributed by atoms with van der Waals surface area (Å²) in [5.41, 5.74) is 0. The Bertz CT molecular complexity index is 1450. The number of unbranched alkanes of at least 4 members (excludes halogenated alkanes) is 38. The van der Waals surface area contributed by atoms with E-state index in [2.05, 4.69) is 55.6 Å². The maximum atomic E-state index is 13.0. The molecule has 1 aliphatic heterocycles. The molecule has 7 unspecified atom stereocenters. The predicted octanol–water partition coefficient (Wildman–Crippen LogP) is 16.4. The molecule has 11 nitrogen and oxygen atoms in total. The Hall–Kier alpha value is -2.38. The van der Waals surface area contributed by atoms with Gasteiger partial charge in [-0.3, -0.25) is 9.59 Å². The molecule has 79 heavy (non-hydrogen) atoms. The van der Waals surface area contributed by atoms with Crippen LogP contribution < -0.4 is 5.32 Å². The molecule has 0 aliphatic carbocycles. The number of carbonyl (C=O) groups is 2. The molecular formula is C68H125NO10. The quantitative estimate of drug-likeness (QED) is 0.0195. The van der Waals surface area contributed by atoms with Crippen LogP contribution in [0.5, 0.6) is 0 Å². The van der Waals surface area contributed by atoms with E-state index in [9.17, 15) is 35.1 Å². The van der Waals surface area contributed by atoms with Gasteiger partial charge in [-0.15, -0.1) is 0 Å². The van der Waals surface area contributed by atoms with E-state index in [1.54, 1.807) is 6.08 Å². The predicted molar refractivity (Wildman–Crippen MR) is 329 cm³/mol. The molecule has 0 saturated carbocycles. The summed E-state index contributed by atoms with van der Waals surface area (Å²) in [6.07, 6.45) is 64.0. The third kappa shape index (κ3) is 46.8. The molecule has 1 fully saturated rings. The number of ether oxygens (including phenoxy) is 3. The molecule has 1 saturated heterocycles. The second-order valence-electron chi connectivity index (χ2n) is 23.1. The molecule has 0 aromatic carbocycles. The Morgan fingerprint density at radius 3 is 1.32 bits per heavy atom. The Balaban J connectivity index is 1.96. The molecule has 0 bridgehead atoms. The van der Waals surface area contributed by atoms with Crippen LogP contribution in [-0.4, -0.2) is 100 Å². The Labute approximate surface area is 485 Å². The molecule has 462 valence electrons. The topological polar surface area (TPSA) is 175 Å². The van der Waals surface area contributed by atoms with E-state index in [-0.39, 0.29) is 18.5 Å². The zero-order valence-corrected chi connectivity index (χ0v) is 51.1. The fourth-order valence-corrected chi connectivity index (χ4v) is 10.4. The van der Waals surface area contributed by atoms with Gasteiger partial charge in [0.05, 0.1) is 32.0 Å². The molecule has 0 radical (unpaired) electrons. The third-order valence-electron chi connectivity index (χ3n) is 15.7. The van der Waals surface area contributed by atoms with Crippen molar-refractivity contribution in [2.24, 2.45) is 0 Å². The number of nitrogens with one attached hydrogen (secondary N) is 1. The summed E-state index contributed by atoms with van der Waals surface area (Å²) >= 11 is 0. The molecule has 0 aromatic rings. The van der Waals surface area contributed by atoms with Crippen LogP contribution in [0.1, 0.15) is 309 Å². The number of hydrogen-bond acceptors (Lipinski definition) is 10. The lowest BCUT2D eigenvalue weighted by molar-refractivity contribution is -0.302. The van der Waals surface area contributed by atoms with Crippen molar-refractivity contribution in [3.63, 3.8) is 0 Å². The number of hydrogen-bond donors (Lipinski definition) is 6. The minimum atomic E-state index is -1.58. The number of carbonyl (C=O) groups excluding carboxylic acids is 2. The van der Waals surface area contributed by atoms with Crippen LogP contribution in [0.3, 0.4) is 0 Å². The van der Waals surface area contributed by atoms with Crippen LogP contribution >= 0.6 is 0 Å². The largest absolute Gasteiger partial charge is 0.466 e. The molecule has 0 aromatic heterocycles. The highest BCUT2D eigenvalue weighted by molar-refractivity contribution is 5.76. The minimum absolute atomic E-state index is 0.00785. The van der Waals surface area contributed by atoms with Crippen molar-refractivity contribution in [2.45, 2.75) is 352 Å².